The topological polar surface area (TPSA) is 77.8 Å². The summed E-state index contributed by atoms with van der Waals surface area (Å²) >= 11 is 0. The number of fused-ring (bicyclic) bond motifs is 1. The van der Waals surface area contributed by atoms with Crippen LogP contribution in [0.1, 0.15) is 11.1 Å². The molecule has 72 valence electrons. The molecule has 0 aliphatic heterocycles. The summed E-state index contributed by atoms with van der Waals surface area (Å²) in [6.45, 7) is 3.92. The van der Waals surface area contributed by atoms with Crippen molar-refractivity contribution in [2.45, 2.75) is 13.8 Å². The largest absolute Gasteiger partial charge is 0.397 e. The molecule has 0 amide bonds. The summed E-state index contributed by atoms with van der Waals surface area (Å²) in [7, 11) is 0. The van der Waals surface area contributed by atoms with Gasteiger partial charge in [0.05, 0.1) is 22.9 Å². The summed E-state index contributed by atoms with van der Waals surface area (Å²) in [6.07, 6.45) is 1.63. The molecule has 14 heavy (non-hydrogen) atoms. The molecule has 4 nitrogen and oxygen atoms in total. The lowest BCUT2D eigenvalue weighted by molar-refractivity contribution is 1.25. The minimum Gasteiger partial charge on any atom is -0.397 e. The Morgan fingerprint density at radius 2 is 1.86 bits per heavy atom. The van der Waals surface area contributed by atoms with Crippen LogP contribution in [0.15, 0.2) is 12.3 Å². The van der Waals surface area contributed by atoms with E-state index in [-0.39, 0.29) is 0 Å². The number of rotatable bonds is 0. The minimum absolute atomic E-state index is 0.544. The van der Waals surface area contributed by atoms with Crippen molar-refractivity contribution in [1.29, 1.82) is 0 Å². The van der Waals surface area contributed by atoms with Gasteiger partial charge < -0.3 is 11.5 Å². The highest BCUT2D eigenvalue weighted by Gasteiger charge is 2.06. The summed E-state index contributed by atoms with van der Waals surface area (Å²) in [5.74, 6) is 0.544. The second-order valence-corrected chi connectivity index (χ2v) is 3.38. The predicted molar refractivity (Wildman–Crippen MR) is 57.8 cm³/mol. The first kappa shape index (κ1) is 8.74. The van der Waals surface area contributed by atoms with E-state index in [1.807, 2.05) is 13.8 Å². The smallest absolute Gasteiger partial charge is 0.127 e. The fraction of sp³-hybridized carbons (Fsp3) is 0.200. The Kier molecular flexibility index (Phi) is 1.77. The van der Waals surface area contributed by atoms with Gasteiger partial charge in [-0.3, -0.25) is 4.98 Å². The molecule has 0 unspecified atom stereocenters. The fourth-order valence-corrected chi connectivity index (χ4v) is 1.43. The van der Waals surface area contributed by atoms with Gasteiger partial charge in [0.2, 0.25) is 0 Å². The zero-order valence-corrected chi connectivity index (χ0v) is 8.20. The fourth-order valence-electron chi connectivity index (χ4n) is 1.43. The summed E-state index contributed by atoms with van der Waals surface area (Å²) in [6, 6.07) is 1.78. The number of pyridine rings is 2. The number of aryl methyl sites for hydroxylation is 1. The van der Waals surface area contributed by atoms with Gasteiger partial charge in [-0.15, -0.1) is 0 Å². The second kappa shape index (κ2) is 2.83. The number of anilines is 2. The van der Waals surface area contributed by atoms with Crippen LogP contribution in [0.25, 0.3) is 11.0 Å². The lowest BCUT2D eigenvalue weighted by Crippen LogP contribution is -2.00. The highest BCUT2D eigenvalue weighted by Crippen LogP contribution is 2.22. The van der Waals surface area contributed by atoms with Crippen molar-refractivity contribution < 1.29 is 0 Å². The first-order valence-electron chi connectivity index (χ1n) is 4.37. The molecule has 2 aromatic rings. The maximum atomic E-state index is 5.76. The average Bonchev–Trinajstić information content (AvgIpc) is 2.14. The van der Waals surface area contributed by atoms with Crippen molar-refractivity contribution >= 4 is 22.5 Å². The van der Waals surface area contributed by atoms with Crippen molar-refractivity contribution in [3.63, 3.8) is 0 Å². The summed E-state index contributed by atoms with van der Waals surface area (Å²) in [4.78, 5) is 8.47. The third kappa shape index (κ3) is 1.16. The molecule has 0 aliphatic rings. The maximum Gasteiger partial charge on any atom is 0.127 e. The van der Waals surface area contributed by atoms with Crippen LogP contribution in [-0.4, -0.2) is 9.97 Å². The standard InChI is InChI=1S/C10H12N4/c1-5-6(2)10(12)14-8-3-7(11)4-13-9(5)8/h3-4H,11H2,1-2H3,(H2,12,14). The van der Waals surface area contributed by atoms with E-state index >= 15 is 0 Å². The molecule has 0 spiro atoms. The molecule has 0 saturated heterocycles. The van der Waals surface area contributed by atoms with Gasteiger partial charge in [0.15, 0.2) is 0 Å². The molecule has 0 fully saturated rings. The van der Waals surface area contributed by atoms with E-state index in [9.17, 15) is 0 Å². The SMILES string of the molecule is Cc1c(N)nc2cc(N)cnc2c1C. The van der Waals surface area contributed by atoms with Gasteiger partial charge in [0, 0.05) is 0 Å². The van der Waals surface area contributed by atoms with Gasteiger partial charge in [0.25, 0.3) is 0 Å². The molecule has 0 bridgehead atoms. The Balaban J connectivity index is 2.91. The molecule has 0 radical (unpaired) electrons. The third-order valence-electron chi connectivity index (χ3n) is 2.43. The molecule has 0 aliphatic carbocycles. The number of nitrogens with two attached hydrogens (primary N) is 2. The van der Waals surface area contributed by atoms with Crippen LogP contribution in [0.5, 0.6) is 0 Å². The first-order chi connectivity index (χ1) is 6.59. The number of hydrogen-bond donors (Lipinski definition) is 2. The molecule has 2 heterocycles. The van der Waals surface area contributed by atoms with Crippen molar-refractivity contribution in [3.8, 4) is 0 Å². The number of nitrogens with zero attached hydrogens (tertiary/aromatic N) is 2. The summed E-state index contributed by atoms with van der Waals surface area (Å²) in [5.41, 5.74) is 15.6. The molecular weight excluding hydrogens is 176 g/mol. The monoisotopic (exact) mass is 188 g/mol. The van der Waals surface area contributed by atoms with E-state index in [0.29, 0.717) is 11.5 Å². The molecule has 2 aromatic heterocycles. The van der Waals surface area contributed by atoms with E-state index in [1.54, 1.807) is 12.3 Å². The van der Waals surface area contributed by atoms with E-state index in [4.69, 9.17) is 11.5 Å². The highest BCUT2D eigenvalue weighted by molar-refractivity contribution is 5.83. The molecule has 4 N–H and O–H groups in total. The van der Waals surface area contributed by atoms with Gasteiger partial charge in [-0.25, -0.2) is 4.98 Å². The average molecular weight is 188 g/mol. The van der Waals surface area contributed by atoms with Crippen LogP contribution >= 0.6 is 0 Å². The van der Waals surface area contributed by atoms with Gasteiger partial charge >= 0.3 is 0 Å². The van der Waals surface area contributed by atoms with Gasteiger partial charge in [-0.05, 0) is 31.0 Å². The van der Waals surface area contributed by atoms with Crippen LogP contribution < -0.4 is 11.5 Å². The zero-order valence-electron chi connectivity index (χ0n) is 8.20. The van der Waals surface area contributed by atoms with Crippen LogP contribution in [0.3, 0.4) is 0 Å². The van der Waals surface area contributed by atoms with E-state index in [2.05, 4.69) is 9.97 Å². The normalized spacial score (nSPS) is 10.7. The molecule has 0 saturated carbocycles. The summed E-state index contributed by atoms with van der Waals surface area (Å²) in [5, 5.41) is 0. The Morgan fingerprint density at radius 3 is 2.57 bits per heavy atom. The Labute approximate surface area is 82.0 Å². The Hall–Kier alpha value is -1.84. The van der Waals surface area contributed by atoms with Gasteiger partial charge in [-0.2, -0.15) is 0 Å². The number of nitrogen functional groups attached to an aromatic ring is 2. The highest BCUT2D eigenvalue weighted by atomic mass is 14.9. The van der Waals surface area contributed by atoms with Crippen molar-refractivity contribution in [2.24, 2.45) is 0 Å². The summed E-state index contributed by atoms with van der Waals surface area (Å²) < 4.78 is 0. The van der Waals surface area contributed by atoms with Crippen LogP contribution in [0.2, 0.25) is 0 Å². The number of hydrogen-bond acceptors (Lipinski definition) is 4. The Morgan fingerprint density at radius 1 is 1.14 bits per heavy atom. The predicted octanol–water partition coefficient (Wildman–Crippen LogP) is 1.41. The van der Waals surface area contributed by atoms with E-state index in [0.717, 1.165) is 22.2 Å². The van der Waals surface area contributed by atoms with E-state index < -0.39 is 0 Å². The van der Waals surface area contributed by atoms with Crippen molar-refractivity contribution in [2.75, 3.05) is 11.5 Å². The minimum atomic E-state index is 0.544. The molecule has 0 aromatic carbocycles. The second-order valence-electron chi connectivity index (χ2n) is 3.38. The zero-order chi connectivity index (χ0) is 10.3. The number of aromatic nitrogens is 2. The molecule has 4 heteroatoms. The molecule has 2 rings (SSSR count). The third-order valence-corrected chi connectivity index (χ3v) is 2.43. The van der Waals surface area contributed by atoms with E-state index in [1.165, 1.54) is 0 Å². The lowest BCUT2D eigenvalue weighted by atomic mass is 10.1. The lowest BCUT2D eigenvalue weighted by Gasteiger charge is -2.07. The first-order valence-corrected chi connectivity index (χ1v) is 4.37. The molecular formula is C10H12N4. The quantitative estimate of drug-likeness (QED) is 0.655. The van der Waals surface area contributed by atoms with Gasteiger partial charge in [0.1, 0.15) is 5.82 Å². The van der Waals surface area contributed by atoms with Crippen LogP contribution in [0.4, 0.5) is 11.5 Å². The maximum absolute atomic E-state index is 5.76. The van der Waals surface area contributed by atoms with Gasteiger partial charge in [-0.1, -0.05) is 0 Å². The van der Waals surface area contributed by atoms with Crippen LogP contribution in [0, 0.1) is 13.8 Å². The van der Waals surface area contributed by atoms with Crippen molar-refractivity contribution in [1.82, 2.24) is 9.97 Å². The Bertz CT molecular complexity index is 505. The van der Waals surface area contributed by atoms with Crippen LogP contribution in [-0.2, 0) is 0 Å². The molecule has 0 atom stereocenters. The van der Waals surface area contributed by atoms with Crippen molar-refractivity contribution in [3.05, 3.63) is 23.4 Å².